The maximum atomic E-state index is 10.9. The minimum atomic E-state index is 0.0602. The summed E-state index contributed by atoms with van der Waals surface area (Å²) in [5.41, 5.74) is 0. The first kappa shape index (κ1) is 9.23. The van der Waals surface area contributed by atoms with E-state index in [-0.39, 0.29) is 11.7 Å². The number of carbonyl (C=O) groups excluding carboxylic acids is 1. The molecule has 0 amide bonds. The molecule has 1 nitrogen and oxygen atoms in total. The molecule has 0 aliphatic heterocycles. The van der Waals surface area contributed by atoms with Gasteiger partial charge in [-0.25, -0.2) is 0 Å². The summed E-state index contributed by atoms with van der Waals surface area (Å²) in [5, 5.41) is 0. The summed E-state index contributed by atoms with van der Waals surface area (Å²) >= 11 is 0. The second-order valence-electron chi connectivity index (χ2n) is 2.87. The average molecular weight is 138 g/mol. The number of hydrogen-bond donors (Lipinski definition) is 0. The van der Waals surface area contributed by atoms with E-state index >= 15 is 0 Å². The van der Waals surface area contributed by atoms with E-state index in [4.69, 9.17) is 6.42 Å². The summed E-state index contributed by atoms with van der Waals surface area (Å²) in [6.45, 7) is 5.63. The predicted octanol–water partition coefficient (Wildman–Crippen LogP) is 1.87. The lowest BCUT2D eigenvalue weighted by Crippen LogP contribution is -2.16. The summed E-state index contributed by atoms with van der Waals surface area (Å²) in [5.74, 6) is 3.14. The van der Waals surface area contributed by atoms with E-state index in [1.165, 1.54) is 0 Å². The summed E-state index contributed by atoms with van der Waals surface area (Å²) in [6.07, 6.45) is 5.68. The molecule has 10 heavy (non-hydrogen) atoms. The minimum absolute atomic E-state index is 0.0602. The predicted molar refractivity (Wildman–Crippen MR) is 42.5 cm³/mol. The Morgan fingerprint density at radius 3 is 2.20 bits per heavy atom. The second kappa shape index (κ2) is 4.11. The fourth-order valence-electron chi connectivity index (χ4n) is 0.976. The molecule has 0 bridgehead atoms. The van der Waals surface area contributed by atoms with Crippen LogP contribution in [0.5, 0.6) is 0 Å². The van der Waals surface area contributed by atoms with Crippen molar-refractivity contribution in [2.75, 3.05) is 0 Å². The molecular weight excluding hydrogens is 124 g/mol. The van der Waals surface area contributed by atoms with E-state index in [1.807, 2.05) is 13.8 Å². The van der Waals surface area contributed by atoms with Crippen molar-refractivity contribution in [3.8, 4) is 12.3 Å². The van der Waals surface area contributed by atoms with Gasteiger partial charge in [0.25, 0.3) is 0 Å². The van der Waals surface area contributed by atoms with Crippen LogP contribution in [0.3, 0.4) is 0 Å². The Balaban J connectivity index is 4.01. The molecule has 0 aliphatic carbocycles. The number of carbonyl (C=O) groups is 1. The molecular formula is C9H14O. The van der Waals surface area contributed by atoms with Crippen molar-refractivity contribution < 1.29 is 4.79 Å². The highest BCUT2D eigenvalue weighted by Crippen LogP contribution is 2.14. The largest absolute Gasteiger partial charge is 0.300 e. The molecule has 0 spiro atoms. The van der Waals surface area contributed by atoms with Gasteiger partial charge in [0.05, 0.1) is 0 Å². The van der Waals surface area contributed by atoms with Gasteiger partial charge in [0.2, 0.25) is 0 Å². The van der Waals surface area contributed by atoms with E-state index in [0.29, 0.717) is 12.3 Å². The molecule has 0 aliphatic rings. The summed E-state index contributed by atoms with van der Waals surface area (Å²) in [6, 6.07) is 0. The molecule has 0 N–H and O–H groups in total. The van der Waals surface area contributed by atoms with Crippen molar-refractivity contribution in [1.29, 1.82) is 0 Å². The first-order chi connectivity index (χ1) is 4.59. The normalized spacial score (nSPS) is 12.7. The van der Waals surface area contributed by atoms with Gasteiger partial charge in [-0.1, -0.05) is 13.8 Å². The monoisotopic (exact) mass is 138 g/mol. The summed E-state index contributed by atoms with van der Waals surface area (Å²) in [7, 11) is 0. The van der Waals surface area contributed by atoms with Crippen LogP contribution < -0.4 is 0 Å². The molecule has 0 aromatic rings. The molecule has 0 radical (unpaired) electrons. The smallest absolute Gasteiger partial charge is 0.134 e. The Morgan fingerprint density at radius 2 is 2.10 bits per heavy atom. The van der Waals surface area contributed by atoms with Gasteiger partial charge < -0.3 is 0 Å². The van der Waals surface area contributed by atoms with E-state index in [0.717, 1.165) is 0 Å². The zero-order chi connectivity index (χ0) is 8.15. The SMILES string of the molecule is C#CCC(C(C)=O)C(C)C. The molecule has 56 valence electrons. The standard InChI is InChI=1S/C9H14O/c1-5-6-9(7(2)3)8(4)10/h1,7,9H,6H2,2-4H3. The maximum absolute atomic E-state index is 10.9. The van der Waals surface area contributed by atoms with Crippen LogP contribution in [0.4, 0.5) is 0 Å². The van der Waals surface area contributed by atoms with E-state index in [2.05, 4.69) is 5.92 Å². The highest BCUT2D eigenvalue weighted by Gasteiger charge is 2.16. The van der Waals surface area contributed by atoms with E-state index in [9.17, 15) is 4.79 Å². The molecule has 0 saturated carbocycles. The lowest BCUT2D eigenvalue weighted by atomic mass is 9.90. The number of Topliss-reactive ketones (excluding diaryl/α,β-unsaturated/α-hetero) is 1. The number of rotatable bonds is 3. The third-order valence-electron chi connectivity index (χ3n) is 1.66. The van der Waals surface area contributed by atoms with Crippen molar-refractivity contribution in [1.82, 2.24) is 0 Å². The van der Waals surface area contributed by atoms with Crippen LogP contribution >= 0.6 is 0 Å². The maximum Gasteiger partial charge on any atom is 0.134 e. The van der Waals surface area contributed by atoms with Crippen LogP contribution in [0.2, 0.25) is 0 Å². The van der Waals surface area contributed by atoms with Crippen LogP contribution in [-0.4, -0.2) is 5.78 Å². The highest BCUT2D eigenvalue weighted by atomic mass is 16.1. The topological polar surface area (TPSA) is 17.1 Å². The summed E-state index contributed by atoms with van der Waals surface area (Å²) < 4.78 is 0. The minimum Gasteiger partial charge on any atom is -0.300 e. The van der Waals surface area contributed by atoms with Crippen molar-refractivity contribution in [2.45, 2.75) is 27.2 Å². The fourth-order valence-corrected chi connectivity index (χ4v) is 0.976. The van der Waals surface area contributed by atoms with Gasteiger partial charge in [-0.15, -0.1) is 12.3 Å². The Bertz CT molecular complexity index is 151. The Morgan fingerprint density at radius 1 is 1.60 bits per heavy atom. The zero-order valence-corrected chi connectivity index (χ0v) is 6.85. The van der Waals surface area contributed by atoms with E-state index < -0.39 is 0 Å². The number of ketones is 1. The molecule has 0 rings (SSSR count). The first-order valence-electron chi connectivity index (χ1n) is 3.53. The van der Waals surface area contributed by atoms with Crippen molar-refractivity contribution in [2.24, 2.45) is 11.8 Å². The molecule has 0 fully saturated rings. The second-order valence-corrected chi connectivity index (χ2v) is 2.87. The van der Waals surface area contributed by atoms with Crippen molar-refractivity contribution in [3.63, 3.8) is 0 Å². The van der Waals surface area contributed by atoms with Crippen LogP contribution in [0.1, 0.15) is 27.2 Å². The van der Waals surface area contributed by atoms with Crippen LogP contribution in [0.25, 0.3) is 0 Å². The first-order valence-corrected chi connectivity index (χ1v) is 3.53. The molecule has 0 aromatic carbocycles. The lowest BCUT2D eigenvalue weighted by Gasteiger charge is -2.13. The summed E-state index contributed by atoms with van der Waals surface area (Å²) in [4.78, 5) is 10.9. The molecule has 0 saturated heterocycles. The average Bonchev–Trinajstić information content (AvgIpc) is 1.81. The van der Waals surface area contributed by atoms with Crippen molar-refractivity contribution in [3.05, 3.63) is 0 Å². The fraction of sp³-hybridized carbons (Fsp3) is 0.667. The molecule has 1 heteroatoms. The van der Waals surface area contributed by atoms with Gasteiger partial charge in [0, 0.05) is 12.3 Å². The van der Waals surface area contributed by atoms with Crippen LogP contribution in [0, 0.1) is 24.2 Å². The Kier molecular flexibility index (Phi) is 3.79. The van der Waals surface area contributed by atoms with Gasteiger partial charge in [0.15, 0.2) is 0 Å². The van der Waals surface area contributed by atoms with Crippen LogP contribution in [0.15, 0.2) is 0 Å². The van der Waals surface area contributed by atoms with Gasteiger partial charge in [-0.05, 0) is 12.8 Å². The van der Waals surface area contributed by atoms with Crippen LogP contribution in [-0.2, 0) is 4.79 Å². The molecule has 1 atom stereocenters. The number of hydrogen-bond acceptors (Lipinski definition) is 1. The zero-order valence-electron chi connectivity index (χ0n) is 6.85. The quantitative estimate of drug-likeness (QED) is 0.544. The highest BCUT2D eigenvalue weighted by molar-refractivity contribution is 5.78. The Hall–Kier alpha value is -0.770. The van der Waals surface area contributed by atoms with E-state index in [1.54, 1.807) is 6.92 Å². The third-order valence-corrected chi connectivity index (χ3v) is 1.66. The van der Waals surface area contributed by atoms with Gasteiger partial charge in [0.1, 0.15) is 5.78 Å². The van der Waals surface area contributed by atoms with Gasteiger partial charge >= 0.3 is 0 Å². The molecule has 1 unspecified atom stereocenters. The van der Waals surface area contributed by atoms with Gasteiger partial charge in [-0.2, -0.15) is 0 Å². The van der Waals surface area contributed by atoms with Crippen molar-refractivity contribution >= 4 is 5.78 Å². The molecule has 0 aromatic heterocycles. The Labute approximate surface area is 62.8 Å². The third kappa shape index (κ3) is 2.68. The van der Waals surface area contributed by atoms with Gasteiger partial charge in [-0.3, -0.25) is 4.79 Å². The molecule has 0 heterocycles. The lowest BCUT2D eigenvalue weighted by molar-refractivity contribution is -0.121. The number of terminal acetylenes is 1.